The van der Waals surface area contributed by atoms with Gasteiger partial charge in [0.25, 0.3) is 5.69 Å². The summed E-state index contributed by atoms with van der Waals surface area (Å²) in [5.41, 5.74) is 1.19. The minimum atomic E-state index is -0.475. The van der Waals surface area contributed by atoms with E-state index in [4.69, 9.17) is 5.26 Å². The van der Waals surface area contributed by atoms with E-state index < -0.39 is 4.92 Å². The van der Waals surface area contributed by atoms with Gasteiger partial charge in [0.15, 0.2) is 0 Å². The highest BCUT2D eigenvalue weighted by Crippen LogP contribution is 2.17. The molecule has 0 radical (unpaired) electrons. The lowest BCUT2D eigenvalue weighted by molar-refractivity contribution is -0.385. The number of nitriles is 1. The van der Waals surface area contributed by atoms with Crippen LogP contribution < -0.4 is 10.6 Å². The van der Waals surface area contributed by atoms with Crippen LogP contribution in [-0.4, -0.2) is 46.4 Å². The molecule has 144 valence electrons. The highest BCUT2D eigenvalue weighted by atomic mass is 16.6. The summed E-state index contributed by atoms with van der Waals surface area (Å²) >= 11 is 0. The molecule has 1 aromatic carbocycles. The number of anilines is 2. The third-order valence-electron chi connectivity index (χ3n) is 4.54. The first kappa shape index (κ1) is 19.3. The van der Waals surface area contributed by atoms with E-state index in [2.05, 4.69) is 20.5 Å². The molecular weight excluding hydrogens is 360 g/mol. The maximum atomic E-state index is 12.1. The number of rotatable bonds is 7. The van der Waals surface area contributed by atoms with Crippen LogP contribution in [0.5, 0.6) is 0 Å². The molecule has 1 saturated heterocycles. The SMILES string of the molecule is N#Cc1ccc(NC(=O)CCN2CCC(Nc3ccc([N+](=O)[O-])cn3)C2)cc1. The van der Waals surface area contributed by atoms with Crippen molar-refractivity contribution >= 4 is 23.1 Å². The van der Waals surface area contributed by atoms with Crippen molar-refractivity contribution in [3.8, 4) is 6.07 Å². The lowest BCUT2D eigenvalue weighted by atomic mass is 10.2. The number of nitrogens with one attached hydrogen (secondary N) is 2. The molecule has 3 rings (SSSR count). The van der Waals surface area contributed by atoms with Gasteiger partial charge in [0.05, 0.1) is 16.6 Å². The van der Waals surface area contributed by atoms with Crippen LogP contribution in [0.15, 0.2) is 42.6 Å². The van der Waals surface area contributed by atoms with E-state index in [1.165, 1.54) is 12.3 Å². The Morgan fingerprint density at radius 1 is 1.32 bits per heavy atom. The monoisotopic (exact) mass is 380 g/mol. The van der Waals surface area contributed by atoms with Crippen LogP contribution in [0.2, 0.25) is 0 Å². The minimum absolute atomic E-state index is 0.0353. The standard InChI is InChI=1S/C19H20N6O3/c20-11-14-1-3-15(4-2-14)23-19(26)8-10-24-9-7-16(13-24)22-18-6-5-17(12-21-18)25(27)28/h1-6,12,16H,7-10,13H2,(H,21,22)(H,23,26). The number of nitrogens with zero attached hydrogens (tertiary/aromatic N) is 4. The zero-order valence-electron chi connectivity index (χ0n) is 15.2. The highest BCUT2D eigenvalue weighted by Gasteiger charge is 2.23. The molecule has 1 atom stereocenters. The molecule has 1 unspecified atom stereocenters. The Hall–Kier alpha value is -3.51. The van der Waals surface area contributed by atoms with Gasteiger partial charge in [0.2, 0.25) is 5.91 Å². The van der Waals surface area contributed by atoms with Crippen molar-refractivity contribution in [1.29, 1.82) is 5.26 Å². The molecule has 2 heterocycles. The lowest BCUT2D eigenvalue weighted by Gasteiger charge is -2.16. The van der Waals surface area contributed by atoms with Crippen molar-refractivity contribution < 1.29 is 9.72 Å². The first-order valence-corrected chi connectivity index (χ1v) is 8.93. The van der Waals surface area contributed by atoms with Crippen LogP contribution in [0.1, 0.15) is 18.4 Å². The van der Waals surface area contributed by atoms with E-state index >= 15 is 0 Å². The molecule has 1 amide bonds. The van der Waals surface area contributed by atoms with Crippen molar-refractivity contribution in [3.63, 3.8) is 0 Å². The van der Waals surface area contributed by atoms with Crippen molar-refractivity contribution in [1.82, 2.24) is 9.88 Å². The number of nitro groups is 1. The molecule has 2 N–H and O–H groups in total. The molecule has 2 aromatic rings. The molecule has 0 bridgehead atoms. The number of benzene rings is 1. The molecule has 1 aromatic heterocycles. The normalized spacial score (nSPS) is 16.3. The number of aromatic nitrogens is 1. The van der Waals surface area contributed by atoms with Gasteiger partial charge in [-0.25, -0.2) is 4.98 Å². The lowest BCUT2D eigenvalue weighted by Crippen LogP contribution is -2.29. The van der Waals surface area contributed by atoms with E-state index in [9.17, 15) is 14.9 Å². The predicted molar refractivity (Wildman–Crippen MR) is 104 cm³/mol. The Labute approximate surface area is 162 Å². The zero-order chi connectivity index (χ0) is 19.9. The summed E-state index contributed by atoms with van der Waals surface area (Å²) in [5.74, 6) is 0.536. The van der Waals surface area contributed by atoms with Crippen LogP contribution in [0, 0.1) is 21.4 Å². The number of hydrogen-bond acceptors (Lipinski definition) is 7. The van der Waals surface area contributed by atoms with Gasteiger partial charge in [0.1, 0.15) is 12.0 Å². The highest BCUT2D eigenvalue weighted by molar-refractivity contribution is 5.90. The number of carbonyl (C=O) groups is 1. The van der Waals surface area contributed by atoms with Crippen LogP contribution >= 0.6 is 0 Å². The van der Waals surface area contributed by atoms with Crippen LogP contribution in [0.25, 0.3) is 0 Å². The molecular formula is C19H20N6O3. The molecule has 0 spiro atoms. The third kappa shape index (κ3) is 5.25. The van der Waals surface area contributed by atoms with Crippen LogP contribution in [0.4, 0.5) is 17.2 Å². The summed E-state index contributed by atoms with van der Waals surface area (Å²) in [5, 5.41) is 25.5. The van der Waals surface area contributed by atoms with Gasteiger partial charge in [0, 0.05) is 43.9 Å². The Morgan fingerprint density at radius 2 is 2.11 bits per heavy atom. The molecule has 0 saturated carbocycles. The molecule has 0 aliphatic carbocycles. The van der Waals surface area contributed by atoms with Gasteiger partial charge in [-0.1, -0.05) is 0 Å². The molecule has 9 nitrogen and oxygen atoms in total. The second-order valence-corrected chi connectivity index (χ2v) is 6.58. The van der Waals surface area contributed by atoms with Crippen molar-refractivity contribution in [2.24, 2.45) is 0 Å². The summed E-state index contributed by atoms with van der Waals surface area (Å²) in [6.45, 7) is 2.30. The number of pyridine rings is 1. The molecule has 1 aliphatic heterocycles. The topological polar surface area (TPSA) is 124 Å². The van der Waals surface area contributed by atoms with Gasteiger partial charge < -0.3 is 15.5 Å². The van der Waals surface area contributed by atoms with Gasteiger partial charge >= 0.3 is 0 Å². The van der Waals surface area contributed by atoms with Gasteiger partial charge in [-0.2, -0.15) is 5.26 Å². The smallest absolute Gasteiger partial charge is 0.287 e. The van der Waals surface area contributed by atoms with Gasteiger partial charge in [-0.15, -0.1) is 0 Å². The molecule has 9 heteroatoms. The Kier molecular flexibility index (Phi) is 6.14. The fraction of sp³-hybridized carbons (Fsp3) is 0.316. The number of likely N-dealkylation sites (tertiary alicyclic amines) is 1. The number of hydrogen-bond donors (Lipinski definition) is 2. The number of amides is 1. The minimum Gasteiger partial charge on any atom is -0.366 e. The average Bonchev–Trinajstić information content (AvgIpc) is 3.15. The molecule has 1 fully saturated rings. The van der Waals surface area contributed by atoms with Gasteiger partial charge in [-0.05, 0) is 36.8 Å². The maximum Gasteiger partial charge on any atom is 0.287 e. The number of carbonyl (C=O) groups excluding carboxylic acids is 1. The summed E-state index contributed by atoms with van der Waals surface area (Å²) in [6, 6.07) is 12.0. The van der Waals surface area contributed by atoms with E-state index in [0.717, 1.165) is 19.5 Å². The van der Waals surface area contributed by atoms with E-state index in [1.807, 2.05) is 6.07 Å². The van der Waals surface area contributed by atoms with Crippen molar-refractivity contribution in [3.05, 3.63) is 58.3 Å². The third-order valence-corrected chi connectivity index (χ3v) is 4.54. The van der Waals surface area contributed by atoms with Crippen LogP contribution in [-0.2, 0) is 4.79 Å². The Balaban J connectivity index is 1.41. The summed E-state index contributed by atoms with van der Waals surface area (Å²) in [4.78, 5) is 28.6. The van der Waals surface area contributed by atoms with Crippen molar-refractivity contribution in [2.75, 3.05) is 30.3 Å². The van der Waals surface area contributed by atoms with Gasteiger partial charge in [-0.3, -0.25) is 14.9 Å². The van der Waals surface area contributed by atoms with E-state index in [0.29, 0.717) is 30.0 Å². The Morgan fingerprint density at radius 3 is 2.75 bits per heavy atom. The quantitative estimate of drug-likeness (QED) is 0.558. The predicted octanol–water partition coefficient (Wildman–Crippen LogP) is 2.38. The second-order valence-electron chi connectivity index (χ2n) is 6.58. The zero-order valence-corrected chi connectivity index (χ0v) is 15.2. The maximum absolute atomic E-state index is 12.1. The first-order chi connectivity index (χ1) is 13.5. The molecule has 28 heavy (non-hydrogen) atoms. The van der Waals surface area contributed by atoms with E-state index in [1.54, 1.807) is 30.3 Å². The van der Waals surface area contributed by atoms with Crippen molar-refractivity contribution in [2.45, 2.75) is 18.9 Å². The van der Waals surface area contributed by atoms with E-state index in [-0.39, 0.29) is 17.6 Å². The average molecular weight is 380 g/mol. The molecule has 1 aliphatic rings. The Bertz CT molecular complexity index is 876. The summed E-state index contributed by atoms with van der Waals surface area (Å²) in [7, 11) is 0. The second kappa shape index (κ2) is 8.92. The summed E-state index contributed by atoms with van der Waals surface area (Å²) in [6.07, 6.45) is 2.53. The summed E-state index contributed by atoms with van der Waals surface area (Å²) < 4.78 is 0. The fourth-order valence-corrected chi connectivity index (χ4v) is 3.05. The van der Waals surface area contributed by atoms with Crippen LogP contribution in [0.3, 0.4) is 0 Å². The first-order valence-electron chi connectivity index (χ1n) is 8.93. The largest absolute Gasteiger partial charge is 0.366 e. The fourth-order valence-electron chi connectivity index (χ4n) is 3.05.